The molecule has 2 nitrogen and oxygen atoms in total. The molecule has 0 aliphatic carbocycles. The van der Waals surface area contributed by atoms with Gasteiger partial charge in [-0.15, -0.1) is 11.8 Å². The van der Waals surface area contributed by atoms with Crippen LogP contribution in [0.5, 0.6) is 0 Å². The zero-order chi connectivity index (χ0) is 11.4. The van der Waals surface area contributed by atoms with E-state index in [4.69, 9.17) is 4.74 Å². The molecule has 1 aliphatic rings. The first-order chi connectivity index (χ1) is 7.77. The number of thioether (sulfide) groups is 1. The van der Waals surface area contributed by atoms with Crippen LogP contribution in [0.4, 0.5) is 0 Å². The van der Waals surface area contributed by atoms with Gasteiger partial charge in [0.2, 0.25) is 0 Å². The van der Waals surface area contributed by atoms with Crippen molar-refractivity contribution in [2.45, 2.75) is 29.9 Å². The van der Waals surface area contributed by atoms with Crippen LogP contribution in [-0.4, -0.2) is 17.8 Å². The van der Waals surface area contributed by atoms with E-state index in [0.29, 0.717) is 6.61 Å². The standard InChI is InChI=1S/C13H16O2S/c1-10(12-8-5-9-15-13(12)14)16-11-6-3-2-4-7-11/h2-4,6-7,10,12H,5,8-9H2,1H3/t10?,12-/m1/s1. The molecule has 0 aromatic heterocycles. The molecule has 0 N–H and O–H groups in total. The Morgan fingerprint density at radius 1 is 1.38 bits per heavy atom. The molecule has 1 aromatic rings. The van der Waals surface area contributed by atoms with Gasteiger partial charge in [0.25, 0.3) is 0 Å². The molecular formula is C13H16O2S. The molecule has 1 aliphatic heterocycles. The molecule has 0 radical (unpaired) electrons. The maximum atomic E-state index is 11.6. The van der Waals surface area contributed by atoms with Crippen molar-refractivity contribution < 1.29 is 9.53 Å². The average Bonchev–Trinajstić information content (AvgIpc) is 2.31. The number of hydrogen-bond acceptors (Lipinski definition) is 3. The second-order valence-corrected chi connectivity index (χ2v) is 5.50. The Balaban J connectivity index is 1.97. The molecule has 0 bridgehead atoms. The van der Waals surface area contributed by atoms with Crippen LogP contribution in [0.3, 0.4) is 0 Å². The highest BCUT2D eigenvalue weighted by molar-refractivity contribution is 8.00. The molecule has 16 heavy (non-hydrogen) atoms. The summed E-state index contributed by atoms with van der Waals surface area (Å²) in [6, 6.07) is 10.2. The minimum Gasteiger partial charge on any atom is -0.465 e. The largest absolute Gasteiger partial charge is 0.465 e. The lowest BCUT2D eigenvalue weighted by Crippen LogP contribution is -2.30. The SMILES string of the molecule is CC(Sc1ccccc1)[C@H]1CCCOC1=O. The molecule has 3 heteroatoms. The first kappa shape index (κ1) is 11.5. The van der Waals surface area contributed by atoms with E-state index >= 15 is 0 Å². The summed E-state index contributed by atoms with van der Waals surface area (Å²) >= 11 is 1.75. The summed E-state index contributed by atoms with van der Waals surface area (Å²) in [7, 11) is 0. The molecule has 1 fully saturated rings. The van der Waals surface area contributed by atoms with Crippen molar-refractivity contribution in [2.75, 3.05) is 6.61 Å². The summed E-state index contributed by atoms with van der Waals surface area (Å²) in [6.07, 6.45) is 1.95. The fraction of sp³-hybridized carbons (Fsp3) is 0.462. The third-order valence-corrected chi connectivity index (χ3v) is 4.08. The average molecular weight is 236 g/mol. The van der Waals surface area contributed by atoms with Crippen molar-refractivity contribution in [1.29, 1.82) is 0 Å². The molecule has 1 saturated heterocycles. The smallest absolute Gasteiger partial charge is 0.310 e. The maximum absolute atomic E-state index is 11.6. The van der Waals surface area contributed by atoms with Crippen LogP contribution in [0.2, 0.25) is 0 Å². The van der Waals surface area contributed by atoms with Gasteiger partial charge < -0.3 is 4.74 Å². The van der Waals surface area contributed by atoms with Gasteiger partial charge >= 0.3 is 5.97 Å². The molecule has 1 heterocycles. The lowest BCUT2D eigenvalue weighted by molar-refractivity contribution is -0.152. The Kier molecular flexibility index (Phi) is 3.88. The van der Waals surface area contributed by atoms with Crippen LogP contribution in [0.1, 0.15) is 19.8 Å². The first-order valence-electron chi connectivity index (χ1n) is 5.66. The maximum Gasteiger partial charge on any atom is 0.310 e. The molecule has 1 aromatic carbocycles. The van der Waals surface area contributed by atoms with Crippen LogP contribution in [0, 0.1) is 5.92 Å². The number of carbonyl (C=O) groups is 1. The van der Waals surface area contributed by atoms with Gasteiger partial charge in [0, 0.05) is 10.1 Å². The molecule has 2 rings (SSSR count). The highest BCUT2D eigenvalue weighted by Gasteiger charge is 2.29. The van der Waals surface area contributed by atoms with Crippen LogP contribution < -0.4 is 0 Å². The number of cyclic esters (lactones) is 1. The van der Waals surface area contributed by atoms with Gasteiger partial charge in [0.1, 0.15) is 0 Å². The van der Waals surface area contributed by atoms with E-state index in [0.717, 1.165) is 12.8 Å². The first-order valence-corrected chi connectivity index (χ1v) is 6.53. The number of benzene rings is 1. The normalized spacial score (nSPS) is 22.6. The van der Waals surface area contributed by atoms with Gasteiger partial charge in [-0.3, -0.25) is 4.79 Å². The van der Waals surface area contributed by atoms with Crippen molar-refractivity contribution in [2.24, 2.45) is 5.92 Å². The second-order valence-electron chi connectivity index (χ2n) is 4.05. The van der Waals surface area contributed by atoms with Gasteiger partial charge in [0.15, 0.2) is 0 Å². The third-order valence-electron chi connectivity index (χ3n) is 2.84. The predicted octanol–water partition coefficient (Wildman–Crippen LogP) is 3.12. The van der Waals surface area contributed by atoms with Gasteiger partial charge in [-0.1, -0.05) is 25.1 Å². The molecule has 0 amide bonds. The number of esters is 1. The second kappa shape index (κ2) is 5.39. The molecular weight excluding hydrogens is 220 g/mol. The molecule has 1 unspecified atom stereocenters. The lowest BCUT2D eigenvalue weighted by Gasteiger charge is -2.25. The van der Waals surface area contributed by atoms with Crippen LogP contribution in [0.25, 0.3) is 0 Å². The third kappa shape index (κ3) is 2.79. The van der Waals surface area contributed by atoms with Crippen molar-refractivity contribution in [1.82, 2.24) is 0 Å². The number of carbonyl (C=O) groups excluding carboxylic acids is 1. The van der Waals surface area contributed by atoms with E-state index in [-0.39, 0.29) is 17.1 Å². The highest BCUT2D eigenvalue weighted by atomic mass is 32.2. The van der Waals surface area contributed by atoms with E-state index in [1.807, 2.05) is 18.2 Å². The minimum atomic E-state index is -0.0258. The van der Waals surface area contributed by atoms with Crippen LogP contribution in [0.15, 0.2) is 35.2 Å². The number of ether oxygens (including phenoxy) is 1. The predicted molar refractivity (Wildman–Crippen MR) is 65.4 cm³/mol. The van der Waals surface area contributed by atoms with E-state index < -0.39 is 0 Å². The molecule has 0 spiro atoms. The molecule has 2 atom stereocenters. The van der Waals surface area contributed by atoms with E-state index in [9.17, 15) is 4.79 Å². The monoisotopic (exact) mass is 236 g/mol. The van der Waals surface area contributed by atoms with Crippen LogP contribution in [-0.2, 0) is 9.53 Å². The number of rotatable bonds is 3. The van der Waals surface area contributed by atoms with Crippen molar-refractivity contribution in [3.63, 3.8) is 0 Å². The van der Waals surface area contributed by atoms with Gasteiger partial charge in [-0.25, -0.2) is 0 Å². The zero-order valence-corrected chi connectivity index (χ0v) is 10.2. The molecule has 0 saturated carbocycles. The van der Waals surface area contributed by atoms with Crippen molar-refractivity contribution in [3.8, 4) is 0 Å². The Labute approximate surface area is 100 Å². The summed E-state index contributed by atoms with van der Waals surface area (Å²) in [5.74, 6) is 0.0288. The quantitative estimate of drug-likeness (QED) is 0.596. The minimum absolute atomic E-state index is 0.0258. The fourth-order valence-corrected chi connectivity index (χ4v) is 3.08. The van der Waals surface area contributed by atoms with Crippen LogP contribution >= 0.6 is 11.8 Å². The highest BCUT2D eigenvalue weighted by Crippen LogP contribution is 2.32. The summed E-state index contributed by atoms with van der Waals surface area (Å²) in [5.41, 5.74) is 0. The zero-order valence-electron chi connectivity index (χ0n) is 9.39. The van der Waals surface area contributed by atoms with Crippen molar-refractivity contribution >= 4 is 17.7 Å². The van der Waals surface area contributed by atoms with Gasteiger partial charge in [-0.05, 0) is 25.0 Å². The summed E-state index contributed by atoms with van der Waals surface area (Å²) in [6.45, 7) is 2.70. The van der Waals surface area contributed by atoms with E-state index in [2.05, 4.69) is 19.1 Å². The van der Waals surface area contributed by atoms with Gasteiger partial charge in [-0.2, -0.15) is 0 Å². The lowest BCUT2D eigenvalue weighted by atomic mass is 9.98. The van der Waals surface area contributed by atoms with E-state index in [1.165, 1.54) is 4.90 Å². The Morgan fingerprint density at radius 3 is 2.81 bits per heavy atom. The fourth-order valence-electron chi connectivity index (χ4n) is 1.92. The Hall–Kier alpha value is -0.960. The Bertz CT molecular complexity index is 350. The summed E-state index contributed by atoms with van der Waals surface area (Å²) < 4.78 is 5.10. The summed E-state index contributed by atoms with van der Waals surface area (Å²) in [4.78, 5) is 12.8. The number of hydrogen-bond donors (Lipinski definition) is 0. The Morgan fingerprint density at radius 2 is 2.12 bits per heavy atom. The van der Waals surface area contributed by atoms with Gasteiger partial charge in [0.05, 0.1) is 12.5 Å². The van der Waals surface area contributed by atoms with E-state index in [1.54, 1.807) is 11.8 Å². The topological polar surface area (TPSA) is 26.3 Å². The summed E-state index contributed by atoms with van der Waals surface area (Å²) in [5, 5.41) is 0.287. The molecule has 86 valence electrons. The van der Waals surface area contributed by atoms with Crippen molar-refractivity contribution in [3.05, 3.63) is 30.3 Å².